The second kappa shape index (κ2) is 6.06. The summed E-state index contributed by atoms with van der Waals surface area (Å²) in [6, 6.07) is 21.9. The first kappa shape index (κ1) is 15.0. The molecular formula is C19H23N2P. The SMILES string of the molecule is CC(C)[PH](c1ccccc1)(c1ccccc1)c1cnn(C)c1. The molecule has 0 fully saturated rings. The van der Waals surface area contributed by atoms with Gasteiger partial charge in [0.2, 0.25) is 0 Å². The third-order valence-corrected chi connectivity index (χ3v) is 9.87. The molecule has 114 valence electrons. The van der Waals surface area contributed by atoms with Gasteiger partial charge < -0.3 is 0 Å². The summed E-state index contributed by atoms with van der Waals surface area (Å²) in [5, 5.41) is 8.74. The Morgan fingerprint density at radius 1 is 0.818 bits per heavy atom. The molecule has 3 aromatic rings. The van der Waals surface area contributed by atoms with Gasteiger partial charge >= 0.3 is 133 Å². The monoisotopic (exact) mass is 310 g/mol. The number of hydrogen-bond acceptors (Lipinski definition) is 1. The minimum absolute atomic E-state index is 0.543. The quantitative estimate of drug-likeness (QED) is 0.678. The van der Waals surface area contributed by atoms with Crippen molar-refractivity contribution in [3.8, 4) is 0 Å². The van der Waals surface area contributed by atoms with Gasteiger partial charge in [-0.1, -0.05) is 0 Å². The molecule has 0 radical (unpaired) electrons. The van der Waals surface area contributed by atoms with E-state index in [1.807, 2.05) is 11.7 Å². The Morgan fingerprint density at radius 2 is 1.32 bits per heavy atom. The summed E-state index contributed by atoms with van der Waals surface area (Å²) in [5.74, 6) is 0. The molecule has 0 unspecified atom stereocenters. The van der Waals surface area contributed by atoms with E-state index in [-0.39, 0.29) is 0 Å². The van der Waals surface area contributed by atoms with Crippen LogP contribution < -0.4 is 15.9 Å². The number of aromatic nitrogens is 2. The van der Waals surface area contributed by atoms with Crippen LogP contribution in [0.5, 0.6) is 0 Å². The fourth-order valence-corrected chi connectivity index (χ4v) is 8.62. The molecule has 0 bridgehead atoms. The zero-order chi connectivity index (χ0) is 15.6. The molecule has 0 spiro atoms. The van der Waals surface area contributed by atoms with Crippen LogP contribution in [0, 0.1) is 0 Å². The van der Waals surface area contributed by atoms with Crippen LogP contribution in [-0.2, 0) is 7.05 Å². The molecule has 0 atom stereocenters. The first-order chi connectivity index (χ1) is 10.7. The zero-order valence-electron chi connectivity index (χ0n) is 13.4. The Morgan fingerprint density at radius 3 is 1.68 bits per heavy atom. The Kier molecular flexibility index (Phi) is 4.13. The Labute approximate surface area is 133 Å². The molecular weight excluding hydrogens is 287 g/mol. The van der Waals surface area contributed by atoms with E-state index in [0.29, 0.717) is 5.66 Å². The van der Waals surface area contributed by atoms with Crippen molar-refractivity contribution in [1.82, 2.24) is 9.78 Å². The number of aryl methyl sites for hydroxylation is 1. The van der Waals surface area contributed by atoms with Crippen molar-refractivity contribution in [3.05, 3.63) is 73.1 Å². The molecule has 22 heavy (non-hydrogen) atoms. The molecule has 0 aliphatic carbocycles. The molecule has 0 aliphatic rings. The molecule has 0 saturated heterocycles. The van der Waals surface area contributed by atoms with Crippen LogP contribution >= 0.6 is 7.26 Å². The third kappa shape index (κ3) is 2.38. The molecule has 1 heterocycles. The molecule has 0 N–H and O–H groups in total. The summed E-state index contributed by atoms with van der Waals surface area (Å²) in [6.45, 7) is 4.69. The van der Waals surface area contributed by atoms with Crippen molar-refractivity contribution in [3.63, 3.8) is 0 Å². The minimum atomic E-state index is -2.06. The van der Waals surface area contributed by atoms with Crippen molar-refractivity contribution in [2.75, 3.05) is 0 Å². The maximum atomic E-state index is 4.47. The maximum absolute atomic E-state index is 4.47. The summed E-state index contributed by atoms with van der Waals surface area (Å²) in [5.41, 5.74) is 0.543. The van der Waals surface area contributed by atoms with Crippen molar-refractivity contribution in [1.29, 1.82) is 0 Å². The van der Waals surface area contributed by atoms with E-state index in [1.54, 1.807) is 0 Å². The van der Waals surface area contributed by atoms with Crippen LogP contribution in [0.15, 0.2) is 73.1 Å². The van der Waals surface area contributed by atoms with Gasteiger partial charge in [0.05, 0.1) is 0 Å². The third-order valence-electron chi connectivity index (χ3n) is 4.48. The predicted molar refractivity (Wildman–Crippen MR) is 98.4 cm³/mol. The van der Waals surface area contributed by atoms with Gasteiger partial charge in [-0.3, -0.25) is 0 Å². The molecule has 2 aromatic carbocycles. The molecule has 3 rings (SSSR count). The van der Waals surface area contributed by atoms with E-state index in [4.69, 9.17) is 0 Å². The zero-order valence-corrected chi connectivity index (χ0v) is 14.4. The second-order valence-corrected chi connectivity index (χ2v) is 10.6. The van der Waals surface area contributed by atoms with Gasteiger partial charge in [-0.2, -0.15) is 0 Å². The Balaban J connectivity index is 2.34. The number of benzene rings is 2. The number of rotatable bonds is 4. The molecule has 0 saturated carbocycles. The van der Waals surface area contributed by atoms with Crippen LogP contribution in [0.4, 0.5) is 0 Å². The van der Waals surface area contributed by atoms with Crippen molar-refractivity contribution in [2.45, 2.75) is 19.5 Å². The Hall–Kier alpha value is -1.92. The van der Waals surface area contributed by atoms with E-state index in [2.05, 4.69) is 92.0 Å². The second-order valence-electron chi connectivity index (χ2n) is 6.10. The summed E-state index contributed by atoms with van der Waals surface area (Å²) < 4.78 is 1.92. The standard InChI is InChI=1S/C19H23N2P/c1-16(2)22(17-10-6-4-7-11-17,18-12-8-5-9-13-18)19-14-20-21(3)15-19/h4-16,22H,1-3H3. The average Bonchev–Trinajstić information content (AvgIpc) is 2.97. The van der Waals surface area contributed by atoms with Crippen molar-refractivity contribution < 1.29 is 0 Å². The Bertz CT molecular complexity index is 693. The van der Waals surface area contributed by atoms with E-state index in [0.717, 1.165) is 0 Å². The van der Waals surface area contributed by atoms with Crippen LogP contribution in [0.3, 0.4) is 0 Å². The normalized spacial score (nSPS) is 12.5. The summed E-state index contributed by atoms with van der Waals surface area (Å²) in [4.78, 5) is 0. The van der Waals surface area contributed by atoms with E-state index in [1.165, 1.54) is 15.9 Å². The fraction of sp³-hybridized carbons (Fsp3) is 0.211. The molecule has 2 nitrogen and oxygen atoms in total. The topological polar surface area (TPSA) is 17.8 Å². The van der Waals surface area contributed by atoms with Crippen LogP contribution in [0.2, 0.25) is 0 Å². The van der Waals surface area contributed by atoms with Gasteiger partial charge in [0, 0.05) is 0 Å². The summed E-state index contributed by atoms with van der Waals surface area (Å²) >= 11 is 0. The first-order valence-electron chi connectivity index (χ1n) is 7.76. The van der Waals surface area contributed by atoms with E-state index < -0.39 is 7.26 Å². The van der Waals surface area contributed by atoms with E-state index in [9.17, 15) is 0 Å². The van der Waals surface area contributed by atoms with Gasteiger partial charge in [-0.15, -0.1) is 0 Å². The average molecular weight is 310 g/mol. The number of hydrogen-bond donors (Lipinski definition) is 0. The summed E-state index contributed by atoms with van der Waals surface area (Å²) in [7, 11) is -0.0647. The van der Waals surface area contributed by atoms with Gasteiger partial charge in [-0.05, 0) is 0 Å². The van der Waals surface area contributed by atoms with Gasteiger partial charge in [0.15, 0.2) is 0 Å². The molecule has 0 aliphatic heterocycles. The van der Waals surface area contributed by atoms with Crippen LogP contribution in [0.25, 0.3) is 0 Å². The predicted octanol–water partition coefficient (Wildman–Crippen LogP) is 2.85. The van der Waals surface area contributed by atoms with E-state index >= 15 is 0 Å². The molecule has 1 aromatic heterocycles. The van der Waals surface area contributed by atoms with Gasteiger partial charge in [0.25, 0.3) is 0 Å². The first-order valence-corrected chi connectivity index (χ1v) is 9.83. The van der Waals surface area contributed by atoms with Crippen LogP contribution in [0.1, 0.15) is 13.8 Å². The van der Waals surface area contributed by atoms with Crippen molar-refractivity contribution >= 4 is 23.2 Å². The fourth-order valence-electron chi connectivity index (χ4n) is 3.53. The molecule has 3 heteroatoms. The van der Waals surface area contributed by atoms with Gasteiger partial charge in [-0.25, -0.2) is 0 Å². The van der Waals surface area contributed by atoms with Crippen LogP contribution in [-0.4, -0.2) is 15.4 Å². The summed E-state index contributed by atoms with van der Waals surface area (Å²) in [6.07, 6.45) is 4.26. The van der Waals surface area contributed by atoms with Gasteiger partial charge in [0.1, 0.15) is 0 Å². The van der Waals surface area contributed by atoms with Crippen molar-refractivity contribution in [2.24, 2.45) is 7.05 Å². The number of nitrogens with zero attached hydrogens (tertiary/aromatic N) is 2. The molecule has 0 amide bonds.